The third-order valence-electron chi connectivity index (χ3n) is 2.52. The average Bonchev–Trinajstić information content (AvgIpc) is 3.09. The van der Waals surface area contributed by atoms with Gasteiger partial charge in [-0.05, 0) is 38.4 Å². The summed E-state index contributed by atoms with van der Waals surface area (Å²) in [5.74, 6) is 0.876. The zero-order valence-electron chi connectivity index (χ0n) is 10.9. The van der Waals surface area contributed by atoms with Crippen LogP contribution in [0.3, 0.4) is 0 Å². The van der Waals surface area contributed by atoms with Crippen molar-refractivity contribution in [3.05, 3.63) is 36.0 Å². The van der Waals surface area contributed by atoms with Gasteiger partial charge >= 0.3 is 0 Å². The molecule has 0 amide bonds. The van der Waals surface area contributed by atoms with Crippen LogP contribution in [-0.2, 0) is 9.88 Å². The second kappa shape index (κ2) is 5.86. The smallest absolute Gasteiger partial charge is 0.119 e. The first-order valence-corrected chi connectivity index (χ1v) is 5.80. The van der Waals surface area contributed by atoms with Crippen LogP contribution in [-0.4, -0.2) is 44.3 Å². The van der Waals surface area contributed by atoms with Gasteiger partial charge in [0.05, 0.1) is 19.0 Å². The van der Waals surface area contributed by atoms with Crippen molar-refractivity contribution in [2.75, 3.05) is 34.4 Å². The number of hydrogen-bond donors (Lipinski definition) is 0. The minimum Gasteiger partial charge on any atom is -0.492 e. The number of ether oxygens (including phenoxy) is 1. The van der Waals surface area contributed by atoms with Gasteiger partial charge in [0.1, 0.15) is 12.4 Å². The number of hydrogen-bond acceptors (Lipinski definition) is 5. The fraction of sp³-hybridized carbons (Fsp3) is 0.385. The highest BCUT2D eigenvalue weighted by Crippen LogP contribution is 2.32. The molecule has 1 aromatic rings. The summed E-state index contributed by atoms with van der Waals surface area (Å²) in [4.78, 5) is 11.5. The minimum atomic E-state index is 0.688. The van der Waals surface area contributed by atoms with Crippen LogP contribution in [0.5, 0.6) is 5.75 Å². The van der Waals surface area contributed by atoms with Crippen LogP contribution in [0.15, 0.2) is 30.5 Å². The summed E-state index contributed by atoms with van der Waals surface area (Å²) in [5.41, 5.74) is 2.07. The summed E-state index contributed by atoms with van der Waals surface area (Å²) in [6.07, 6.45) is 1.85. The molecule has 0 unspecified atom stereocenters. The van der Waals surface area contributed by atoms with Gasteiger partial charge in [-0.2, -0.15) is 5.06 Å². The Kier molecular flexibility index (Phi) is 4.19. The lowest BCUT2D eigenvalue weighted by molar-refractivity contribution is -0.362. The molecule has 0 fully saturated rings. The molecule has 0 radical (unpaired) electrons. The van der Waals surface area contributed by atoms with E-state index in [1.54, 1.807) is 5.06 Å². The van der Waals surface area contributed by atoms with E-state index >= 15 is 0 Å². The maximum absolute atomic E-state index is 5.62. The van der Waals surface area contributed by atoms with E-state index in [1.165, 1.54) is 7.11 Å². The monoisotopic (exact) mass is 250 g/mol. The molecule has 2 rings (SSSR count). The average molecular weight is 250 g/mol. The predicted molar refractivity (Wildman–Crippen MR) is 68.4 cm³/mol. The van der Waals surface area contributed by atoms with E-state index in [9.17, 15) is 0 Å². The van der Waals surface area contributed by atoms with Gasteiger partial charge in [0.25, 0.3) is 0 Å². The molecule has 1 aliphatic rings. The molecule has 0 aliphatic carbocycles. The molecule has 0 bridgehead atoms. The Morgan fingerprint density at radius 2 is 1.89 bits per heavy atom. The first-order valence-electron chi connectivity index (χ1n) is 5.80. The van der Waals surface area contributed by atoms with Crippen LogP contribution >= 0.6 is 0 Å². The van der Waals surface area contributed by atoms with Gasteiger partial charge in [-0.1, -0.05) is 0 Å². The number of nitrogens with zero attached hydrogens (tertiary/aromatic N) is 2. The number of rotatable bonds is 7. The Morgan fingerprint density at radius 1 is 1.17 bits per heavy atom. The molecule has 0 N–H and O–H groups in total. The van der Waals surface area contributed by atoms with Crippen molar-refractivity contribution in [2.45, 2.75) is 0 Å². The van der Waals surface area contributed by atoms with E-state index in [4.69, 9.17) is 9.73 Å². The highest BCUT2D eigenvalue weighted by atomic mass is 17.3. The van der Waals surface area contributed by atoms with Gasteiger partial charge < -0.3 is 9.64 Å². The Bertz CT molecular complexity index is 415. The van der Waals surface area contributed by atoms with Gasteiger partial charge in [0.15, 0.2) is 0 Å². The van der Waals surface area contributed by atoms with Gasteiger partial charge in [-0.3, -0.25) is 0 Å². The first kappa shape index (κ1) is 12.9. The van der Waals surface area contributed by atoms with Crippen molar-refractivity contribution in [1.29, 1.82) is 0 Å². The second-order valence-electron chi connectivity index (χ2n) is 4.26. The van der Waals surface area contributed by atoms with Gasteiger partial charge in [0.2, 0.25) is 0 Å². The van der Waals surface area contributed by atoms with Crippen molar-refractivity contribution in [2.24, 2.45) is 0 Å². The van der Waals surface area contributed by atoms with Crippen molar-refractivity contribution >= 4 is 5.70 Å². The topological polar surface area (TPSA) is 33.9 Å². The zero-order valence-corrected chi connectivity index (χ0v) is 10.9. The lowest BCUT2D eigenvalue weighted by Crippen LogP contribution is -2.19. The number of hydroxylamine groups is 2. The van der Waals surface area contributed by atoms with E-state index in [2.05, 4.69) is 9.79 Å². The highest BCUT2D eigenvalue weighted by Gasteiger charge is 2.24. The van der Waals surface area contributed by atoms with Crippen LogP contribution in [0.4, 0.5) is 0 Å². The van der Waals surface area contributed by atoms with E-state index in [0.29, 0.717) is 6.61 Å². The molecule has 1 aromatic carbocycles. The van der Waals surface area contributed by atoms with E-state index < -0.39 is 0 Å². The Hall–Kier alpha value is -1.56. The summed E-state index contributed by atoms with van der Waals surface area (Å²) in [5, 5.41) is 1.57. The lowest BCUT2D eigenvalue weighted by Gasteiger charge is -2.11. The molecule has 0 saturated heterocycles. The third-order valence-corrected chi connectivity index (χ3v) is 2.52. The van der Waals surface area contributed by atoms with Gasteiger partial charge in [-0.25, -0.2) is 4.89 Å². The van der Waals surface area contributed by atoms with Crippen LogP contribution < -0.4 is 4.74 Å². The van der Waals surface area contributed by atoms with Crippen LogP contribution in [0.25, 0.3) is 5.70 Å². The lowest BCUT2D eigenvalue weighted by atomic mass is 10.2. The first-order chi connectivity index (χ1) is 8.70. The van der Waals surface area contributed by atoms with E-state index in [-0.39, 0.29) is 0 Å². The predicted octanol–water partition coefficient (Wildman–Crippen LogP) is 1.73. The molecule has 5 nitrogen and oxygen atoms in total. The summed E-state index contributed by atoms with van der Waals surface area (Å²) in [6.45, 7) is 1.59. The summed E-state index contributed by atoms with van der Waals surface area (Å²) in [6, 6.07) is 7.90. The molecule has 1 heterocycles. The van der Waals surface area contributed by atoms with E-state index in [0.717, 1.165) is 23.6 Å². The maximum Gasteiger partial charge on any atom is 0.119 e. The number of benzene rings is 1. The fourth-order valence-corrected chi connectivity index (χ4v) is 1.49. The third kappa shape index (κ3) is 3.46. The normalized spacial score (nSPS) is 13.8. The second-order valence-corrected chi connectivity index (χ2v) is 4.26. The van der Waals surface area contributed by atoms with Crippen LogP contribution in [0.2, 0.25) is 0 Å². The Morgan fingerprint density at radius 3 is 2.50 bits per heavy atom. The van der Waals surface area contributed by atoms with Crippen LogP contribution in [0.1, 0.15) is 5.56 Å². The molecule has 0 atom stereocenters. The summed E-state index contributed by atoms with van der Waals surface area (Å²) < 4.78 is 5.62. The van der Waals surface area contributed by atoms with Gasteiger partial charge in [-0.15, -0.1) is 4.99 Å². The SMILES string of the molecule is COON1C=C1c1ccc(OCCN(C)C)cc1. The van der Waals surface area contributed by atoms with Gasteiger partial charge in [0, 0.05) is 12.1 Å². The fourth-order valence-electron chi connectivity index (χ4n) is 1.49. The highest BCUT2D eigenvalue weighted by molar-refractivity contribution is 5.73. The molecule has 5 heteroatoms. The van der Waals surface area contributed by atoms with Crippen LogP contribution in [0, 0.1) is 0 Å². The molecule has 0 saturated carbocycles. The Labute approximate surface area is 107 Å². The minimum absolute atomic E-state index is 0.688. The molecular formula is C13H18N2O3. The Balaban J connectivity index is 1.81. The van der Waals surface area contributed by atoms with Crippen molar-refractivity contribution in [3.63, 3.8) is 0 Å². The largest absolute Gasteiger partial charge is 0.492 e. The quantitative estimate of drug-likeness (QED) is 0.544. The van der Waals surface area contributed by atoms with Crippen molar-refractivity contribution in [1.82, 2.24) is 9.96 Å². The molecule has 0 aromatic heterocycles. The van der Waals surface area contributed by atoms with Crippen molar-refractivity contribution in [3.8, 4) is 5.75 Å². The molecular weight excluding hydrogens is 232 g/mol. The summed E-state index contributed by atoms with van der Waals surface area (Å²) in [7, 11) is 5.53. The molecule has 1 aliphatic heterocycles. The number of likely N-dealkylation sites (N-methyl/N-ethyl adjacent to an activating group) is 1. The molecule has 0 spiro atoms. The zero-order chi connectivity index (χ0) is 13.0. The standard InChI is InChI=1S/C13H18N2O3/c1-14(2)8-9-17-12-6-4-11(5-7-12)13-10-15(13)18-16-3/h4-7,10H,8-9H2,1-3H3. The molecule has 18 heavy (non-hydrogen) atoms. The van der Waals surface area contributed by atoms with E-state index in [1.807, 2.05) is 44.6 Å². The molecule has 98 valence electrons. The maximum atomic E-state index is 5.62. The van der Waals surface area contributed by atoms with Crippen molar-refractivity contribution < 1.29 is 14.6 Å². The summed E-state index contributed by atoms with van der Waals surface area (Å²) >= 11 is 0.